The number of anilines is 2. The number of fused-ring (bicyclic) bond motifs is 1. The number of ether oxygens (including phenoxy) is 2. The summed E-state index contributed by atoms with van der Waals surface area (Å²) >= 11 is 0. The molecule has 10 heteroatoms. The van der Waals surface area contributed by atoms with Crippen molar-refractivity contribution in [1.29, 1.82) is 0 Å². The summed E-state index contributed by atoms with van der Waals surface area (Å²) in [6.45, 7) is 8.13. The van der Waals surface area contributed by atoms with E-state index in [0.29, 0.717) is 42.4 Å². The van der Waals surface area contributed by atoms with Crippen LogP contribution in [0.3, 0.4) is 0 Å². The van der Waals surface area contributed by atoms with E-state index in [2.05, 4.69) is 34.5 Å². The SMILES string of the molecule is C[C@@H]1CCCCO[C@@H](CN(C)Cc2ccncc2)[C@H](C)CN([C@@H](C)CO)C(=O)c2cc(NC(=O)Nc3ccccc3)ccc2O1. The Hall–Kier alpha value is -3.99. The first-order valence-electron chi connectivity index (χ1n) is 15.8. The van der Waals surface area contributed by atoms with E-state index in [9.17, 15) is 14.7 Å². The Morgan fingerprint density at radius 1 is 1.07 bits per heavy atom. The Morgan fingerprint density at radius 2 is 1.80 bits per heavy atom. The molecule has 1 aromatic heterocycles. The fraction of sp³-hybridized carbons (Fsp3) is 0.457. The smallest absolute Gasteiger partial charge is 0.323 e. The summed E-state index contributed by atoms with van der Waals surface area (Å²) in [5.74, 6) is 0.136. The maximum Gasteiger partial charge on any atom is 0.323 e. The molecule has 3 N–H and O–H groups in total. The van der Waals surface area contributed by atoms with Gasteiger partial charge in [0, 0.05) is 55.9 Å². The van der Waals surface area contributed by atoms with Crippen molar-refractivity contribution >= 4 is 23.3 Å². The van der Waals surface area contributed by atoms with Crippen molar-refractivity contribution in [2.24, 2.45) is 5.92 Å². The van der Waals surface area contributed by atoms with Gasteiger partial charge >= 0.3 is 6.03 Å². The van der Waals surface area contributed by atoms with Crippen molar-refractivity contribution < 1.29 is 24.2 Å². The van der Waals surface area contributed by atoms with Crippen molar-refractivity contribution in [2.75, 3.05) is 44.0 Å². The zero-order valence-electron chi connectivity index (χ0n) is 26.8. The minimum Gasteiger partial charge on any atom is -0.490 e. The third kappa shape index (κ3) is 10.3. The molecule has 2 heterocycles. The van der Waals surface area contributed by atoms with Crippen molar-refractivity contribution in [3.8, 4) is 5.75 Å². The molecular formula is C35H47N5O5. The van der Waals surface area contributed by atoms with Crippen molar-refractivity contribution in [1.82, 2.24) is 14.8 Å². The molecule has 3 aromatic rings. The minimum atomic E-state index is -0.452. The fourth-order valence-corrected chi connectivity index (χ4v) is 5.45. The number of carbonyl (C=O) groups is 2. The molecule has 0 aliphatic carbocycles. The van der Waals surface area contributed by atoms with Gasteiger partial charge in [0.25, 0.3) is 5.91 Å². The summed E-state index contributed by atoms with van der Waals surface area (Å²) in [6.07, 6.45) is 5.94. The number of aliphatic hydroxyl groups excluding tert-OH is 1. The van der Waals surface area contributed by atoms with Crippen molar-refractivity contribution in [3.63, 3.8) is 0 Å². The van der Waals surface area contributed by atoms with Crippen LogP contribution in [0.2, 0.25) is 0 Å². The molecule has 3 amide bonds. The molecule has 0 spiro atoms. The van der Waals surface area contributed by atoms with Crippen LogP contribution in [0, 0.1) is 5.92 Å². The Balaban J connectivity index is 1.59. The van der Waals surface area contributed by atoms with Crippen LogP contribution >= 0.6 is 0 Å². The average Bonchev–Trinajstić information content (AvgIpc) is 3.03. The first kappa shape index (κ1) is 33.9. The second-order valence-electron chi connectivity index (χ2n) is 12.0. The maximum atomic E-state index is 14.3. The Kier molecular flexibility index (Phi) is 12.7. The standard InChI is InChI=1S/C35H47N5O5/c1-25-21-40(26(2)24-41)34(42)31-20-30(38-35(43)37-29-11-6-5-7-12-29)13-14-32(31)45-27(3)10-8-9-19-44-33(25)23-39(4)22-28-15-17-36-18-16-28/h5-7,11-18,20,25-27,33,41H,8-10,19,21-24H2,1-4H3,(H2,37,38,43)/t25-,26+,27-,33+/m1/s1. The largest absolute Gasteiger partial charge is 0.490 e. The molecule has 0 bridgehead atoms. The number of aromatic nitrogens is 1. The molecule has 0 radical (unpaired) electrons. The Morgan fingerprint density at radius 3 is 2.53 bits per heavy atom. The van der Waals surface area contributed by atoms with Crippen LogP contribution in [0.15, 0.2) is 73.1 Å². The number of amides is 3. The molecule has 0 saturated carbocycles. The zero-order valence-corrected chi connectivity index (χ0v) is 26.8. The highest BCUT2D eigenvalue weighted by atomic mass is 16.5. The molecule has 4 rings (SSSR count). The van der Waals surface area contributed by atoms with Crippen LogP contribution in [0.4, 0.5) is 16.2 Å². The van der Waals surface area contributed by atoms with E-state index in [1.54, 1.807) is 47.6 Å². The lowest BCUT2D eigenvalue weighted by molar-refractivity contribution is -0.0177. The molecular weight excluding hydrogens is 570 g/mol. The first-order valence-corrected chi connectivity index (χ1v) is 15.8. The number of benzene rings is 2. The van der Waals surface area contributed by atoms with Gasteiger partial charge in [0.15, 0.2) is 0 Å². The monoisotopic (exact) mass is 617 g/mol. The Bertz CT molecular complexity index is 1360. The van der Waals surface area contributed by atoms with E-state index in [1.807, 2.05) is 44.2 Å². The van der Waals surface area contributed by atoms with Crippen LogP contribution in [0.1, 0.15) is 56.0 Å². The summed E-state index contributed by atoms with van der Waals surface area (Å²) in [5, 5.41) is 15.8. The number of para-hydroxylation sites is 1. The van der Waals surface area contributed by atoms with Crippen molar-refractivity contribution in [3.05, 3.63) is 84.2 Å². The van der Waals surface area contributed by atoms with Gasteiger partial charge in [-0.3, -0.25) is 14.7 Å². The number of rotatable bonds is 8. The van der Waals surface area contributed by atoms with E-state index in [-0.39, 0.29) is 30.6 Å². The number of nitrogens with one attached hydrogen (secondary N) is 2. The second kappa shape index (κ2) is 16.9. The van der Waals surface area contributed by atoms with Gasteiger partial charge in [-0.2, -0.15) is 0 Å². The fourth-order valence-electron chi connectivity index (χ4n) is 5.45. The topological polar surface area (TPSA) is 116 Å². The highest BCUT2D eigenvalue weighted by Gasteiger charge is 2.30. The predicted octanol–water partition coefficient (Wildman–Crippen LogP) is 5.65. The van der Waals surface area contributed by atoms with E-state index in [1.165, 1.54) is 5.56 Å². The van der Waals surface area contributed by atoms with Crippen LogP contribution < -0.4 is 15.4 Å². The highest BCUT2D eigenvalue weighted by Crippen LogP contribution is 2.28. The minimum absolute atomic E-state index is 0.0352. The average molecular weight is 618 g/mol. The number of aliphatic hydroxyl groups is 1. The maximum absolute atomic E-state index is 14.3. The van der Waals surface area contributed by atoms with Crippen LogP contribution in [-0.2, 0) is 11.3 Å². The number of nitrogens with zero attached hydrogens (tertiary/aromatic N) is 3. The number of hydrogen-bond acceptors (Lipinski definition) is 7. The second-order valence-corrected chi connectivity index (χ2v) is 12.0. The van der Waals surface area contributed by atoms with Crippen LogP contribution in [0.5, 0.6) is 5.75 Å². The molecule has 1 aliphatic heterocycles. The highest BCUT2D eigenvalue weighted by molar-refractivity contribution is 6.02. The summed E-state index contributed by atoms with van der Waals surface area (Å²) in [6, 6.07) is 17.4. The number of hydrogen-bond donors (Lipinski definition) is 3. The number of pyridine rings is 1. The molecule has 10 nitrogen and oxygen atoms in total. The van der Waals surface area contributed by atoms with Gasteiger partial charge in [-0.05, 0) is 88.2 Å². The van der Waals surface area contributed by atoms with Gasteiger partial charge in [-0.1, -0.05) is 25.1 Å². The number of carbonyl (C=O) groups excluding carboxylic acids is 2. The molecule has 0 saturated heterocycles. The van der Waals surface area contributed by atoms with Gasteiger partial charge in [-0.25, -0.2) is 4.79 Å². The summed E-state index contributed by atoms with van der Waals surface area (Å²) < 4.78 is 12.8. The van der Waals surface area contributed by atoms with Gasteiger partial charge in [0.1, 0.15) is 5.75 Å². The third-order valence-electron chi connectivity index (χ3n) is 8.03. The van der Waals surface area contributed by atoms with Crippen LogP contribution in [0.25, 0.3) is 0 Å². The third-order valence-corrected chi connectivity index (χ3v) is 8.03. The lowest BCUT2D eigenvalue weighted by Crippen LogP contribution is -2.47. The molecule has 4 atom stereocenters. The quantitative estimate of drug-likeness (QED) is 0.299. The summed E-state index contributed by atoms with van der Waals surface area (Å²) in [5.41, 5.74) is 2.61. The van der Waals surface area contributed by atoms with Gasteiger partial charge in [0.05, 0.1) is 30.4 Å². The number of urea groups is 1. The zero-order chi connectivity index (χ0) is 32.2. The van der Waals surface area contributed by atoms with Gasteiger partial charge in [-0.15, -0.1) is 0 Å². The molecule has 1 aliphatic rings. The summed E-state index contributed by atoms with van der Waals surface area (Å²) in [4.78, 5) is 35.1. The van der Waals surface area contributed by atoms with Crippen molar-refractivity contribution in [2.45, 2.75) is 64.8 Å². The summed E-state index contributed by atoms with van der Waals surface area (Å²) in [7, 11) is 2.07. The van der Waals surface area contributed by atoms with E-state index < -0.39 is 12.1 Å². The molecule has 45 heavy (non-hydrogen) atoms. The van der Waals surface area contributed by atoms with E-state index in [4.69, 9.17) is 9.47 Å². The van der Waals surface area contributed by atoms with E-state index in [0.717, 1.165) is 25.8 Å². The molecule has 242 valence electrons. The molecule has 0 unspecified atom stereocenters. The van der Waals surface area contributed by atoms with E-state index >= 15 is 0 Å². The van der Waals surface area contributed by atoms with Gasteiger partial charge < -0.3 is 30.1 Å². The van der Waals surface area contributed by atoms with Gasteiger partial charge in [0.2, 0.25) is 0 Å². The van der Waals surface area contributed by atoms with Crippen LogP contribution in [-0.4, -0.2) is 83.4 Å². The first-order chi connectivity index (χ1) is 21.7. The molecule has 2 aromatic carbocycles. The number of likely N-dealkylation sites (N-methyl/N-ethyl adjacent to an activating group) is 1. The molecule has 0 fully saturated rings. The lowest BCUT2D eigenvalue weighted by Gasteiger charge is -2.36. The normalized spacial score (nSPS) is 20.4. The predicted molar refractivity (Wildman–Crippen MR) is 177 cm³/mol. The Labute approximate surface area is 266 Å². The lowest BCUT2D eigenvalue weighted by atomic mass is 10.0.